The van der Waals surface area contributed by atoms with E-state index in [2.05, 4.69) is 4.90 Å². The highest BCUT2D eigenvalue weighted by molar-refractivity contribution is 4.86. The van der Waals surface area contributed by atoms with Gasteiger partial charge in [0.2, 0.25) is 0 Å². The van der Waals surface area contributed by atoms with E-state index in [0.717, 1.165) is 19.6 Å². The van der Waals surface area contributed by atoms with Crippen molar-refractivity contribution in [2.24, 2.45) is 0 Å². The van der Waals surface area contributed by atoms with E-state index >= 15 is 0 Å². The van der Waals surface area contributed by atoms with Crippen LogP contribution in [0.4, 0.5) is 0 Å². The minimum Gasteiger partial charge on any atom is -0.377 e. The number of nitrogens with zero attached hydrogens (tertiary/aromatic N) is 1. The Morgan fingerprint density at radius 2 is 1.47 bits per heavy atom. The van der Waals surface area contributed by atoms with Gasteiger partial charge < -0.3 is 18.9 Å². The summed E-state index contributed by atoms with van der Waals surface area (Å²) in [6.45, 7) is 7.79. The minimum atomic E-state index is -0.155. The summed E-state index contributed by atoms with van der Waals surface area (Å²) in [6.07, 6.45) is 0.130. The monoisotopic (exact) mass is 247 g/mol. The van der Waals surface area contributed by atoms with Crippen LogP contribution in [0.25, 0.3) is 0 Å². The first-order valence-corrected chi connectivity index (χ1v) is 6.26. The Hall–Kier alpha value is -0.200. The molecule has 1 rings (SSSR count). The normalized spacial score (nSPS) is 25.9. The maximum Gasteiger partial charge on any atom is 0.170 e. The Labute approximate surface area is 104 Å². The summed E-state index contributed by atoms with van der Waals surface area (Å²) in [6, 6.07) is 0. The number of likely N-dealkylation sites (tertiary alicyclic amines) is 1. The molecule has 102 valence electrons. The smallest absolute Gasteiger partial charge is 0.170 e. The Morgan fingerprint density at radius 1 is 1.00 bits per heavy atom. The van der Waals surface area contributed by atoms with Gasteiger partial charge in [0.25, 0.3) is 0 Å². The quantitative estimate of drug-likeness (QED) is 0.591. The van der Waals surface area contributed by atoms with E-state index in [-0.39, 0.29) is 18.5 Å². The summed E-state index contributed by atoms with van der Waals surface area (Å²) in [5.74, 6) is 0. The number of methoxy groups -OCH3 is 2. The summed E-state index contributed by atoms with van der Waals surface area (Å²) < 4.78 is 21.9. The third kappa shape index (κ3) is 4.52. The number of hydrogen-bond acceptors (Lipinski definition) is 5. The van der Waals surface area contributed by atoms with Crippen LogP contribution in [0.15, 0.2) is 0 Å². The van der Waals surface area contributed by atoms with E-state index in [9.17, 15) is 0 Å². The lowest BCUT2D eigenvalue weighted by Gasteiger charge is -2.23. The molecule has 5 heteroatoms. The average molecular weight is 247 g/mol. The van der Waals surface area contributed by atoms with E-state index in [1.807, 2.05) is 13.8 Å². The van der Waals surface area contributed by atoms with Crippen LogP contribution < -0.4 is 0 Å². The molecule has 0 aromatic heterocycles. The largest absolute Gasteiger partial charge is 0.377 e. The predicted octanol–water partition coefficient (Wildman–Crippen LogP) is 0.731. The van der Waals surface area contributed by atoms with Gasteiger partial charge in [0.1, 0.15) is 0 Å². The lowest BCUT2D eigenvalue weighted by atomic mass is 10.3. The van der Waals surface area contributed by atoms with Gasteiger partial charge in [-0.15, -0.1) is 0 Å². The highest BCUT2D eigenvalue weighted by Gasteiger charge is 2.34. The summed E-state index contributed by atoms with van der Waals surface area (Å²) in [7, 11) is 3.45. The molecule has 0 radical (unpaired) electrons. The molecule has 2 unspecified atom stereocenters. The van der Waals surface area contributed by atoms with Gasteiger partial charge in [0.15, 0.2) is 6.29 Å². The second-order valence-corrected chi connectivity index (χ2v) is 4.11. The third-order valence-electron chi connectivity index (χ3n) is 3.01. The molecule has 5 nitrogen and oxygen atoms in total. The fourth-order valence-electron chi connectivity index (χ4n) is 2.16. The van der Waals surface area contributed by atoms with Crippen LogP contribution in [0.2, 0.25) is 0 Å². The molecule has 0 aliphatic carbocycles. The molecule has 0 aromatic carbocycles. The van der Waals surface area contributed by atoms with E-state index in [1.165, 1.54) is 0 Å². The highest BCUT2D eigenvalue weighted by atomic mass is 16.7. The first-order chi connectivity index (χ1) is 8.24. The Kier molecular flexibility index (Phi) is 6.99. The van der Waals surface area contributed by atoms with Crippen LogP contribution in [0.3, 0.4) is 0 Å². The summed E-state index contributed by atoms with van der Waals surface area (Å²) in [5, 5.41) is 0. The van der Waals surface area contributed by atoms with Gasteiger partial charge in [0.05, 0.1) is 12.2 Å². The zero-order valence-electron chi connectivity index (χ0n) is 11.3. The van der Waals surface area contributed by atoms with Crippen molar-refractivity contribution in [2.45, 2.75) is 32.3 Å². The minimum absolute atomic E-state index is 0.143. The standard InChI is InChI=1S/C12H25NO4/c1-5-16-12(17-6-2)9-13-7-10(14-3)11(8-13)15-4/h10-12H,5-9H2,1-4H3. The highest BCUT2D eigenvalue weighted by Crippen LogP contribution is 2.16. The van der Waals surface area contributed by atoms with Crippen molar-refractivity contribution < 1.29 is 18.9 Å². The van der Waals surface area contributed by atoms with Crippen LogP contribution in [0, 0.1) is 0 Å². The SMILES string of the molecule is CCOC(CN1CC(OC)C(OC)C1)OCC. The lowest BCUT2D eigenvalue weighted by molar-refractivity contribution is -0.146. The van der Waals surface area contributed by atoms with Gasteiger partial charge in [-0.05, 0) is 13.8 Å². The Bertz CT molecular complexity index is 185. The van der Waals surface area contributed by atoms with Crippen molar-refractivity contribution in [1.29, 1.82) is 0 Å². The third-order valence-corrected chi connectivity index (χ3v) is 3.01. The molecule has 0 N–H and O–H groups in total. The molecule has 17 heavy (non-hydrogen) atoms. The second kappa shape index (κ2) is 8.00. The molecule has 0 bridgehead atoms. The fraction of sp³-hybridized carbons (Fsp3) is 1.00. The van der Waals surface area contributed by atoms with E-state index in [0.29, 0.717) is 13.2 Å². The molecule has 0 spiro atoms. The molecule has 2 atom stereocenters. The molecule has 0 saturated carbocycles. The van der Waals surface area contributed by atoms with Crippen molar-refractivity contribution in [3.05, 3.63) is 0 Å². The predicted molar refractivity (Wildman–Crippen MR) is 65.1 cm³/mol. The topological polar surface area (TPSA) is 40.2 Å². The van der Waals surface area contributed by atoms with Gasteiger partial charge in [-0.1, -0.05) is 0 Å². The van der Waals surface area contributed by atoms with Crippen LogP contribution in [0.5, 0.6) is 0 Å². The van der Waals surface area contributed by atoms with Gasteiger partial charge in [-0.25, -0.2) is 0 Å². The van der Waals surface area contributed by atoms with Gasteiger partial charge in [-0.2, -0.15) is 0 Å². The van der Waals surface area contributed by atoms with Crippen LogP contribution >= 0.6 is 0 Å². The maximum atomic E-state index is 5.54. The van der Waals surface area contributed by atoms with E-state index in [1.54, 1.807) is 14.2 Å². The first kappa shape index (κ1) is 14.9. The molecular formula is C12H25NO4. The van der Waals surface area contributed by atoms with Crippen molar-refractivity contribution in [3.63, 3.8) is 0 Å². The van der Waals surface area contributed by atoms with Crippen molar-refractivity contribution in [2.75, 3.05) is 47.1 Å². The van der Waals surface area contributed by atoms with Crippen molar-refractivity contribution >= 4 is 0 Å². The molecule has 1 aliphatic heterocycles. The summed E-state index contributed by atoms with van der Waals surface area (Å²) in [4.78, 5) is 2.26. The Morgan fingerprint density at radius 3 is 1.82 bits per heavy atom. The fourth-order valence-corrected chi connectivity index (χ4v) is 2.16. The molecule has 1 heterocycles. The van der Waals surface area contributed by atoms with Gasteiger partial charge >= 0.3 is 0 Å². The maximum absolute atomic E-state index is 5.54. The molecule has 1 fully saturated rings. The molecule has 0 amide bonds. The van der Waals surface area contributed by atoms with E-state index < -0.39 is 0 Å². The van der Waals surface area contributed by atoms with Crippen molar-refractivity contribution in [3.8, 4) is 0 Å². The van der Waals surface area contributed by atoms with Crippen LogP contribution in [0.1, 0.15) is 13.8 Å². The Balaban J connectivity index is 2.40. The van der Waals surface area contributed by atoms with E-state index in [4.69, 9.17) is 18.9 Å². The first-order valence-electron chi connectivity index (χ1n) is 6.26. The van der Waals surface area contributed by atoms with Crippen LogP contribution in [-0.2, 0) is 18.9 Å². The summed E-state index contributed by atoms with van der Waals surface area (Å²) in [5.41, 5.74) is 0. The number of hydrogen-bond donors (Lipinski definition) is 0. The zero-order valence-corrected chi connectivity index (χ0v) is 11.3. The van der Waals surface area contributed by atoms with Gasteiger partial charge in [-0.3, -0.25) is 4.90 Å². The molecule has 1 aliphatic rings. The van der Waals surface area contributed by atoms with Crippen LogP contribution in [-0.4, -0.2) is 70.5 Å². The zero-order chi connectivity index (χ0) is 12.7. The molecular weight excluding hydrogens is 222 g/mol. The van der Waals surface area contributed by atoms with Gasteiger partial charge in [0, 0.05) is 47.1 Å². The second-order valence-electron chi connectivity index (χ2n) is 4.11. The number of ether oxygens (including phenoxy) is 4. The summed E-state index contributed by atoms with van der Waals surface area (Å²) >= 11 is 0. The number of rotatable bonds is 8. The molecule has 0 aromatic rings. The molecule has 1 saturated heterocycles. The average Bonchev–Trinajstić information content (AvgIpc) is 2.72. The van der Waals surface area contributed by atoms with Crippen molar-refractivity contribution in [1.82, 2.24) is 4.90 Å². The lowest BCUT2D eigenvalue weighted by Crippen LogP contribution is -2.35.